The second-order valence-electron chi connectivity index (χ2n) is 4.81. The quantitative estimate of drug-likeness (QED) is 0.398. The number of hydrogen-bond acceptors (Lipinski definition) is 0. The van der Waals surface area contributed by atoms with Crippen molar-refractivity contribution in [1.82, 2.24) is 0 Å². The third kappa shape index (κ3) is 6.31. The minimum Gasteiger partial charge on any atom is -0.103 e. The molecule has 1 rings (SSSR count). The average molecular weight is 230 g/mol. The maximum absolute atomic E-state index is 3.76. The van der Waals surface area contributed by atoms with Gasteiger partial charge in [-0.25, -0.2) is 0 Å². The van der Waals surface area contributed by atoms with Crippen molar-refractivity contribution in [2.45, 2.75) is 58.3 Å². The summed E-state index contributed by atoms with van der Waals surface area (Å²) < 4.78 is 0. The van der Waals surface area contributed by atoms with Gasteiger partial charge in [0.1, 0.15) is 0 Å². The molecule has 0 N–H and O–H groups in total. The van der Waals surface area contributed by atoms with Crippen molar-refractivity contribution < 1.29 is 0 Å². The summed E-state index contributed by atoms with van der Waals surface area (Å²) in [5.41, 5.74) is 2.92. The molecule has 0 unspecified atom stereocenters. The first kappa shape index (κ1) is 14.0. The smallest absolute Gasteiger partial charge is 0.0244 e. The summed E-state index contributed by atoms with van der Waals surface area (Å²) >= 11 is 0. The Morgan fingerprint density at radius 2 is 1.47 bits per heavy atom. The fourth-order valence-corrected chi connectivity index (χ4v) is 2.07. The van der Waals surface area contributed by atoms with Gasteiger partial charge in [0, 0.05) is 0 Å². The summed E-state index contributed by atoms with van der Waals surface area (Å²) in [4.78, 5) is 0. The van der Waals surface area contributed by atoms with Crippen LogP contribution < -0.4 is 0 Å². The Balaban J connectivity index is 2.23. The van der Waals surface area contributed by atoms with Crippen LogP contribution in [0.1, 0.15) is 56.6 Å². The molecule has 0 saturated carbocycles. The largest absolute Gasteiger partial charge is 0.103 e. The number of unbranched alkanes of at least 4 members (excludes halogenated alkanes) is 4. The average Bonchev–Trinajstić information content (AvgIpc) is 2.37. The molecule has 0 atom stereocenters. The molecule has 0 saturated heterocycles. The Kier molecular flexibility index (Phi) is 7.46. The molecule has 17 heavy (non-hydrogen) atoms. The Bertz CT molecular complexity index is 294. The van der Waals surface area contributed by atoms with E-state index in [2.05, 4.69) is 37.8 Å². The molecule has 0 spiro atoms. The van der Waals surface area contributed by atoms with Crippen molar-refractivity contribution in [1.29, 1.82) is 0 Å². The summed E-state index contributed by atoms with van der Waals surface area (Å²) in [5, 5.41) is 0. The number of aryl methyl sites for hydroxylation is 2. The molecule has 0 aromatic heterocycles. The number of allylic oxidation sites excluding steroid dienone is 1. The molecule has 94 valence electrons. The summed E-state index contributed by atoms with van der Waals surface area (Å²) in [7, 11) is 0. The Morgan fingerprint density at radius 1 is 0.882 bits per heavy atom. The van der Waals surface area contributed by atoms with Crippen LogP contribution in [0.25, 0.3) is 0 Å². The van der Waals surface area contributed by atoms with Gasteiger partial charge in [-0.3, -0.25) is 0 Å². The Hall–Kier alpha value is -1.04. The minimum absolute atomic E-state index is 1.08. The van der Waals surface area contributed by atoms with E-state index < -0.39 is 0 Å². The predicted octanol–water partition coefficient (Wildman–Crippen LogP) is 5.32. The third-order valence-electron chi connectivity index (χ3n) is 3.23. The standard InChI is InChI=1S/C17H26/c1-3-5-7-8-9-11-17-14-12-16(13-15-17)10-6-4-2/h4,12-15H,2-3,5-11H2,1H3. The normalized spacial score (nSPS) is 10.4. The molecule has 0 fully saturated rings. The highest BCUT2D eigenvalue weighted by molar-refractivity contribution is 5.22. The van der Waals surface area contributed by atoms with Gasteiger partial charge in [0.2, 0.25) is 0 Å². The van der Waals surface area contributed by atoms with Crippen LogP contribution in [0.4, 0.5) is 0 Å². The van der Waals surface area contributed by atoms with Crippen LogP contribution in [0, 0.1) is 0 Å². The van der Waals surface area contributed by atoms with Gasteiger partial charge in [0.15, 0.2) is 0 Å². The highest BCUT2D eigenvalue weighted by atomic mass is 14.0. The topological polar surface area (TPSA) is 0 Å². The molecule has 0 aliphatic carbocycles. The first-order valence-electron chi connectivity index (χ1n) is 7.05. The fraction of sp³-hybridized carbons (Fsp3) is 0.529. The number of hydrogen-bond donors (Lipinski definition) is 0. The zero-order chi connectivity index (χ0) is 12.3. The van der Waals surface area contributed by atoms with E-state index in [4.69, 9.17) is 0 Å². The van der Waals surface area contributed by atoms with E-state index in [1.54, 1.807) is 0 Å². The van der Waals surface area contributed by atoms with Crippen LogP contribution in [0.15, 0.2) is 36.9 Å². The molecule has 0 amide bonds. The molecule has 0 aliphatic heterocycles. The second-order valence-corrected chi connectivity index (χ2v) is 4.81. The third-order valence-corrected chi connectivity index (χ3v) is 3.23. The van der Waals surface area contributed by atoms with Crippen LogP contribution in [-0.2, 0) is 12.8 Å². The molecule has 1 aromatic rings. The maximum Gasteiger partial charge on any atom is -0.0244 e. The SMILES string of the molecule is C=CCCc1ccc(CCCCCCC)cc1. The van der Waals surface area contributed by atoms with Crippen LogP contribution in [0.3, 0.4) is 0 Å². The van der Waals surface area contributed by atoms with Crippen LogP contribution in [0.2, 0.25) is 0 Å². The van der Waals surface area contributed by atoms with Gasteiger partial charge in [-0.1, -0.05) is 62.9 Å². The molecule has 0 heteroatoms. The molecule has 0 bridgehead atoms. The van der Waals surface area contributed by atoms with Gasteiger partial charge in [-0.15, -0.1) is 6.58 Å². The first-order chi connectivity index (χ1) is 8.36. The van der Waals surface area contributed by atoms with E-state index in [0.717, 1.165) is 12.8 Å². The van der Waals surface area contributed by atoms with Crippen LogP contribution in [-0.4, -0.2) is 0 Å². The lowest BCUT2D eigenvalue weighted by molar-refractivity contribution is 0.632. The summed E-state index contributed by atoms with van der Waals surface area (Å²) in [5.74, 6) is 0. The van der Waals surface area contributed by atoms with Gasteiger partial charge in [0.05, 0.1) is 0 Å². The molecule has 0 heterocycles. The minimum atomic E-state index is 1.08. The molecule has 0 aliphatic rings. The highest BCUT2D eigenvalue weighted by Gasteiger charge is 1.95. The zero-order valence-corrected chi connectivity index (χ0v) is 11.3. The van der Waals surface area contributed by atoms with E-state index in [-0.39, 0.29) is 0 Å². The Morgan fingerprint density at radius 3 is 2.06 bits per heavy atom. The van der Waals surface area contributed by atoms with Crippen molar-refractivity contribution in [3.05, 3.63) is 48.0 Å². The predicted molar refractivity (Wildman–Crippen MR) is 77.4 cm³/mol. The van der Waals surface area contributed by atoms with Gasteiger partial charge in [-0.05, 0) is 36.8 Å². The van der Waals surface area contributed by atoms with Gasteiger partial charge >= 0.3 is 0 Å². The number of benzene rings is 1. The van der Waals surface area contributed by atoms with Crippen LogP contribution >= 0.6 is 0 Å². The molecule has 1 aromatic carbocycles. The van der Waals surface area contributed by atoms with Crippen molar-refractivity contribution >= 4 is 0 Å². The van der Waals surface area contributed by atoms with Crippen molar-refractivity contribution in [3.8, 4) is 0 Å². The summed E-state index contributed by atoms with van der Waals surface area (Å²) in [6.45, 7) is 6.02. The molecular formula is C17H26. The molecule has 0 radical (unpaired) electrons. The van der Waals surface area contributed by atoms with E-state index in [1.807, 2.05) is 6.08 Å². The number of rotatable bonds is 9. The summed E-state index contributed by atoms with van der Waals surface area (Å²) in [6, 6.07) is 9.12. The monoisotopic (exact) mass is 230 g/mol. The van der Waals surface area contributed by atoms with E-state index in [1.165, 1.54) is 49.7 Å². The van der Waals surface area contributed by atoms with Gasteiger partial charge in [0.25, 0.3) is 0 Å². The Labute approximate surface area is 107 Å². The molecule has 0 nitrogen and oxygen atoms in total. The second kappa shape index (κ2) is 9.04. The van der Waals surface area contributed by atoms with Gasteiger partial charge in [-0.2, -0.15) is 0 Å². The summed E-state index contributed by atoms with van der Waals surface area (Å²) in [6.07, 6.45) is 12.3. The van der Waals surface area contributed by atoms with Crippen molar-refractivity contribution in [2.75, 3.05) is 0 Å². The van der Waals surface area contributed by atoms with Crippen molar-refractivity contribution in [2.24, 2.45) is 0 Å². The lowest BCUT2D eigenvalue weighted by atomic mass is 10.0. The lowest BCUT2D eigenvalue weighted by Gasteiger charge is -2.03. The highest BCUT2D eigenvalue weighted by Crippen LogP contribution is 2.11. The van der Waals surface area contributed by atoms with Crippen molar-refractivity contribution in [3.63, 3.8) is 0 Å². The lowest BCUT2D eigenvalue weighted by Crippen LogP contribution is -1.88. The zero-order valence-electron chi connectivity index (χ0n) is 11.3. The first-order valence-corrected chi connectivity index (χ1v) is 7.05. The van der Waals surface area contributed by atoms with E-state index in [0.29, 0.717) is 0 Å². The van der Waals surface area contributed by atoms with Gasteiger partial charge < -0.3 is 0 Å². The fourth-order valence-electron chi connectivity index (χ4n) is 2.07. The molecular weight excluding hydrogens is 204 g/mol. The maximum atomic E-state index is 3.76. The van der Waals surface area contributed by atoms with E-state index in [9.17, 15) is 0 Å². The van der Waals surface area contributed by atoms with E-state index >= 15 is 0 Å². The van der Waals surface area contributed by atoms with Crippen LogP contribution in [0.5, 0.6) is 0 Å².